The van der Waals surface area contributed by atoms with E-state index in [9.17, 15) is 4.79 Å². The Labute approximate surface area is 103 Å². The van der Waals surface area contributed by atoms with E-state index in [1.165, 1.54) is 0 Å². The van der Waals surface area contributed by atoms with Crippen LogP contribution in [0.15, 0.2) is 54.9 Å². The molecule has 0 saturated heterocycles. The third-order valence-electron chi connectivity index (χ3n) is 1.96. The van der Waals surface area contributed by atoms with Crippen LogP contribution in [0.2, 0.25) is 0 Å². The van der Waals surface area contributed by atoms with Gasteiger partial charge in [-0.3, -0.25) is 9.78 Å². The Morgan fingerprint density at radius 2 is 1.44 bits per heavy atom. The summed E-state index contributed by atoms with van der Waals surface area (Å²) in [6, 6.07) is 12.7. The fourth-order valence-corrected chi connectivity index (χ4v) is 1.25. The maximum Gasteiger partial charge on any atom is 0.503 e. The Hall–Kier alpha value is -2.69. The highest BCUT2D eigenvalue weighted by molar-refractivity contribution is 6.08. The zero-order valence-corrected chi connectivity index (χ0v) is 9.35. The molecule has 1 aromatic carbocycles. The SMILES string of the molecule is O=C(O)O.O=C(c1ccccc1)c1cccnc1. The second-order valence-corrected chi connectivity index (χ2v) is 3.22. The quantitative estimate of drug-likeness (QED) is 0.794. The van der Waals surface area contributed by atoms with Crippen LogP contribution in [0, 0.1) is 0 Å². The fraction of sp³-hybridized carbons (Fsp3) is 0. The van der Waals surface area contributed by atoms with Crippen molar-refractivity contribution in [3.8, 4) is 0 Å². The van der Waals surface area contributed by atoms with E-state index in [0.29, 0.717) is 11.1 Å². The second-order valence-electron chi connectivity index (χ2n) is 3.22. The predicted molar refractivity (Wildman–Crippen MR) is 64.8 cm³/mol. The lowest BCUT2D eigenvalue weighted by Gasteiger charge is -1.98. The van der Waals surface area contributed by atoms with Crippen molar-refractivity contribution in [1.82, 2.24) is 4.98 Å². The second kappa shape index (κ2) is 6.80. The molecule has 0 unspecified atom stereocenters. The van der Waals surface area contributed by atoms with Crippen molar-refractivity contribution < 1.29 is 19.8 Å². The number of hydrogen-bond acceptors (Lipinski definition) is 3. The summed E-state index contributed by atoms with van der Waals surface area (Å²) in [6.45, 7) is 0. The number of carbonyl (C=O) groups is 2. The Balaban J connectivity index is 0.000000357. The minimum atomic E-state index is -1.83. The van der Waals surface area contributed by atoms with Crippen LogP contribution in [0.5, 0.6) is 0 Å². The van der Waals surface area contributed by atoms with Gasteiger partial charge < -0.3 is 10.2 Å². The zero-order chi connectivity index (χ0) is 13.4. The molecule has 0 aliphatic heterocycles. The van der Waals surface area contributed by atoms with Gasteiger partial charge >= 0.3 is 6.16 Å². The molecule has 2 N–H and O–H groups in total. The fourth-order valence-electron chi connectivity index (χ4n) is 1.25. The molecular formula is C13H11NO4. The van der Waals surface area contributed by atoms with Gasteiger partial charge in [0.25, 0.3) is 0 Å². The van der Waals surface area contributed by atoms with E-state index >= 15 is 0 Å². The van der Waals surface area contributed by atoms with Gasteiger partial charge in [0.15, 0.2) is 5.78 Å². The Kier molecular flexibility index (Phi) is 5.05. The number of hydrogen-bond donors (Lipinski definition) is 2. The summed E-state index contributed by atoms with van der Waals surface area (Å²) in [5, 5.41) is 13.9. The highest BCUT2D eigenvalue weighted by Gasteiger charge is 2.06. The molecule has 0 amide bonds. The molecule has 0 bridgehead atoms. The van der Waals surface area contributed by atoms with Crippen LogP contribution in [-0.2, 0) is 0 Å². The van der Waals surface area contributed by atoms with Gasteiger partial charge in [-0.05, 0) is 12.1 Å². The summed E-state index contributed by atoms with van der Waals surface area (Å²) < 4.78 is 0. The number of carboxylic acid groups (broad SMARTS) is 2. The lowest BCUT2D eigenvalue weighted by atomic mass is 10.1. The number of nitrogens with zero attached hydrogens (tertiary/aromatic N) is 1. The summed E-state index contributed by atoms with van der Waals surface area (Å²) in [7, 11) is 0. The van der Waals surface area contributed by atoms with Gasteiger partial charge in [0.1, 0.15) is 0 Å². The smallest absolute Gasteiger partial charge is 0.450 e. The minimum absolute atomic E-state index is 0.0127. The van der Waals surface area contributed by atoms with Crippen LogP contribution in [0.25, 0.3) is 0 Å². The molecular weight excluding hydrogens is 234 g/mol. The Morgan fingerprint density at radius 1 is 0.889 bits per heavy atom. The molecule has 1 aromatic heterocycles. The molecule has 0 radical (unpaired) electrons. The molecule has 0 fully saturated rings. The Morgan fingerprint density at radius 3 is 1.94 bits per heavy atom. The van der Waals surface area contributed by atoms with Crippen molar-refractivity contribution in [1.29, 1.82) is 0 Å². The van der Waals surface area contributed by atoms with E-state index in [4.69, 9.17) is 15.0 Å². The van der Waals surface area contributed by atoms with Crippen molar-refractivity contribution in [2.24, 2.45) is 0 Å². The maximum absolute atomic E-state index is 11.8. The summed E-state index contributed by atoms with van der Waals surface area (Å²) in [4.78, 5) is 24.3. The van der Waals surface area contributed by atoms with Crippen molar-refractivity contribution >= 4 is 11.9 Å². The van der Waals surface area contributed by atoms with Gasteiger partial charge in [-0.15, -0.1) is 0 Å². The average molecular weight is 245 g/mol. The predicted octanol–water partition coefficient (Wildman–Crippen LogP) is 2.54. The molecule has 5 heteroatoms. The van der Waals surface area contributed by atoms with E-state index in [0.717, 1.165) is 0 Å². The van der Waals surface area contributed by atoms with Crippen molar-refractivity contribution in [3.63, 3.8) is 0 Å². The van der Waals surface area contributed by atoms with E-state index in [2.05, 4.69) is 4.98 Å². The Bertz CT molecular complexity index is 466. The first-order valence-electron chi connectivity index (χ1n) is 5.03. The molecule has 92 valence electrons. The minimum Gasteiger partial charge on any atom is -0.450 e. The van der Waals surface area contributed by atoms with Crippen molar-refractivity contribution in [2.45, 2.75) is 0 Å². The number of pyridine rings is 1. The standard InChI is InChI=1S/C12H9NO.CH2O3/c14-12(10-5-2-1-3-6-10)11-7-4-8-13-9-11;2-1(3)4/h1-9H;(H2,2,3,4). The summed E-state index contributed by atoms with van der Waals surface area (Å²) in [5.41, 5.74) is 1.32. The monoisotopic (exact) mass is 245 g/mol. The van der Waals surface area contributed by atoms with Gasteiger partial charge in [-0.1, -0.05) is 30.3 Å². The van der Waals surface area contributed by atoms with Gasteiger partial charge in [0.2, 0.25) is 0 Å². The molecule has 1 heterocycles. The topological polar surface area (TPSA) is 87.5 Å². The normalized spacial score (nSPS) is 8.89. The first-order chi connectivity index (χ1) is 8.61. The van der Waals surface area contributed by atoms with Crippen LogP contribution in [0.3, 0.4) is 0 Å². The summed E-state index contributed by atoms with van der Waals surface area (Å²) in [6.07, 6.45) is 1.40. The molecule has 0 spiro atoms. The number of carbonyl (C=O) groups excluding carboxylic acids is 1. The number of benzene rings is 1. The zero-order valence-electron chi connectivity index (χ0n) is 9.35. The lowest BCUT2D eigenvalue weighted by molar-refractivity contribution is 0.103. The average Bonchev–Trinajstić information content (AvgIpc) is 2.39. The van der Waals surface area contributed by atoms with E-state index in [-0.39, 0.29) is 5.78 Å². The van der Waals surface area contributed by atoms with Crippen molar-refractivity contribution in [2.75, 3.05) is 0 Å². The lowest BCUT2D eigenvalue weighted by Crippen LogP contribution is -2.00. The van der Waals surface area contributed by atoms with Crippen LogP contribution >= 0.6 is 0 Å². The van der Waals surface area contributed by atoms with Gasteiger partial charge in [0, 0.05) is 23.5 Å². The highest BCUT2D eigenvalue weighted by Crippen LogP contribution is 2.07. The van der Waals surface area contributed by atoms with Crippen LogP contribution in [0.1, 0.15) is 15.9 Å². The van der Waals surface area contributed by atoms with E-state index in [1.54, 1.807) is 36.7 Å². The molecule has 0 aliphatic carbocycles. The molecule has 18 heavy (non-hydrogen) atoms. The summed E-state index contributed by atoms with van der Waals surface area (Å²) >= 11 is 0. The van der Waals surface area contributed by atoms with E-state index in [1.807, 2.05) is 18.2 Å². The highest BCUT2D eigenvalue weighted by atomic mass is 16.6. The summed E-state index contributed by atoms with van der Waals surface area (Å²) in [5.74, 6) is 0.0127. The molecule has 0 saturated carbocycles. The van der Waals surface area contributed by atoms with Crippen LogP contribution < -0.4 is 0 Å². The third kappa shape index (κ3) is 4.44. The number of rotatable bonds is 2. The molecule has 0 aliphatic rings. The molecule has 0 atom stereocenters. The van der Waals surface area contributed by atoms with Gasteiger partial charge in [-0.2, -0.15) is 0 Å². The molecule has 5 nitrogen and oxygen atoms in total. The third-order valence-corrected chi connectivity index (χ3v) is 1.96. The molecule has 2 rings (SSSR count). The van der Waals surface area contributed by atoms with E-state index < -0.39 is 6.16 Å². The maximum atomic E-state index is 11.8. The molecule has 2 aromatic rings. The van der Waals surface area contributed by atoms with Crippen LogP contribution in [-0.4, -0.2) is 27.1 Å². The first-order valence-corrected chi connectivity index (χ1v) is 5.03. The number of aromatic nitrogens is 1. The van der Waals surface area contributed by atoms with Crippen LogP contribution in [0.4, 0.5) is 4.79 Å². The van der Waals surface area contributed by atoms with Gasteiger partial charge in [0.05, 0.1) is 0 Å². The number of ketones is 1. The van der Waals surface area contributed by atoms with Crippen molar-refractivity contribution in [3.05, 3.63) is 66.0 Å². The van der Waals surface area contributed by atoms with Gasteiger partial charge in [-0.25, -0.2) is 4.79 Å². The first kappa shape index (κ1) is 13.4. The largest absolute Gasteiger partial charge is 0.503 e.